The van der Waals surface area contributed by atoms with Crippen LogP contribution in [-0.4, -0.2) is 22.2 Å². The molecule has 18 heavy (non-hydrogen) atoms. The minimum Gasteiger partial charge on any atom is -0.388 e. The molecule has 0 aromatic heterocycles. The predicted molar refractivity (Wildman–Crippen MR) is 80.8 cm³/mol. The molecular formula is C14H18Cl2OS. The van der Waals surface area contributed by atoms with Crippen molar-refractivity contribution in [2.24, 2.45) is 5.41 Å². The zero-order chi connectivity index (χ0) is 13.4. The summed E-state index contributed by atoms with van der Waals surface area (Å²) < 4.78 is 0. The van der Waals surface area contributed by atoms with Crippen LogP contribution in [0.15, 0.2) is 18.2 Å². The molecule has 1 saturated heterocycles. The summed E-state index contributed by atoms with van der Waals surface area (Å²) in [5.41, 5.74) is 0.121. The molecule has 2 rings (SSSR count). The topological polar surface area (TPSA) is 20.2 Å². The zero-order valence-corrected chi connectivity index (χ0v) is 13.0. The van der Waals surface area contributed by atoms with Crippen molar-refractivity contribution in [3.63, 3.8) is 0 Å². The van der Waals surface area contributed by atoms with Gasteiger partial charge in [0.2, 0.25) is 0 Å². The van der Waals surface area contributed by atoms with Gasteiger partial charge in [0.15, 0.2) is 0 Å². The smallest absolute Gasteiger partial charge is 0.0829 e. The van der Waals surface area contributed by atoms with Crippen LogP contribution in [0.2, 0.25) is 10.0 Å². The van der Waals surface area contributed by atoms with E-state index in [1.165, 1.54) is 0 Å². The van der Waals surface area contributed by atoms with Crippen LogP contribution in [0.1, 0.15) is 25.8 Å². The molecule has 1 atom stereocenters. The van der Waals surface area contributed by atoms with Crippen LogP contribution in [-0.2, 0) is 6.42 Å². The highest BCUT2D eigenvalue weighted by molar-refractivity contribution is 7.99. The van der Waals surface area contributed by atoms with Crippen LogP contribution < -0.4 is 0 Å². The summed E-state index contributed by atoms with van der Waals surface area (Å²) >= 11 is 14.1. The van der Waals surface area contributed by atoms with E-state index in [9.17, 15) is 5.11 Å². The van der Waals surface area contributed by atoms with E-state index >= 15 is 0 Å². The first-order valence-electron chi connectivity index (χ1n) is 6.09. The van der Waals surface area contributed by atoms with E-state index in [1.54, 1.807) is 6.07 Å². The van der Waals surface area contributed by atoms with Crippen LogP contribution in [0.5, 0.6) is 0 Å². The number of benzene rings is 1. The van der Waals surface area contributed by atoms with E-state index in [4.69, 9.17) is 23.2 Å². The van der Waals surface area contributed by atoms with Crippen molar-refractivity contribution >= 4 is 35.0 Å². The van der Waals surface area contributed by atoms with E-state index < -0.39 is 5.60 Å². The molecule has 1 aliphatic rings. The third-order valence-electron chi connectivity index (χ3n) is 3.99. The van der Waals surface area contributed by atoms with Gasteiger partial charge in [-0.15, -0.1) is 0 Å². The number of thioether (sulfide) groups is 1. The normalized spacial score (nSPS) is 27.2. The number of aliphatic hydroxyl groups is 1. The SMILES string of the molecule is CC1(C)CCSCC1(O)Cc1cccc(Cl)c1Cl. The van der Waals surface area contributed by atoms with Gasteiger partial charge in [0, 0.05) is 12.2 Å². The van der Waals surface area contributed by atoms with E-state index in [2.05, 4.69) is 13.8 Å². The fraction of sp³-hybridized carbons (Fsp3) is 0.571. The summed E-state index contributed by atoms with van der Waals surface area (Å²) in [6, 6.07) is 5.61. The van der Waals surface area contributed by atoms with Crippen molar-refractivity contribution in [1.82, 2.24) is 0 Å². The standard InChI is InChI=1S/C14H18Cl2OS/c1-13(2)6-7-18-9-14(13,17)8-10-4-3-5-11(15)12(10)16/h3-5,17H,6-9H2,1-2H3. The third kappa shape index (κ3) is 2.67. The van der Waals surface area contributed by atoms with Gasteiger partial charge in [-0.1, -0.05) is 49.2 Å². The van der Waals surface area contributed by atoms with Crippen LogP contribution >= 0.6 is 35.0 Å². The second-order valence-electron chi connectivity index (χ2n) is 5.61. The fourth-order valence-electron chi connectivity index (χ4n) is 2.29. The average Bonchev–Trinajstić information content (AvgIpc) is 2.29. The molecule has 1 fully saturated rings. The third-order valence-corrected chi connectivity index (χ3v) is 6.02. The van der Waals surface area contributed by atoms with Crippen molar-refractivity contribution in [3.8, 4) is 0 Å². The van der Waals surface area contributed by atoms with Crippen LogP contribution in [0.4, 0.5) is 0 Å². The lowest BCUT2D eigenvalue weighted by Gasteiger charge is -2.46. The van der Waals surface area contributed by atoms with Gasteiger partial charge >= 0.3 is 0 Å². The lowest BCUT2D eigenvalue weighted by molar-refractivity contribution is -0.0512. The molecule has 0 amide bonds. The summed E-state index contributed by atoms with van der Waals surface area (Å²) in [5.74, 6) is 1.86. The summed E-state index contributed by atoms with van der Waals surface area (Å²) in [4.78, 5) is 0. The Bertz CT molecular complexity index is 447. The summed E-state index contributed by atoms with van der Waals surface area (Å²) in [7, 11) is 0. The second-order valence-corrected chi connectivity index (χ2v) is 7.50. The Morgan fingerprint density at radius 2 is 2.06 bits per heavy atom. The maximum absolute atomic E-state index is 10.9. The summed E-state index contributed by atoms with van der Waals surface area (Å²) in [5, 5.41) is 12.1. The molecule has 1 aliphatic heterocycles. The molecule has 1 unspecified atom stereocenters. The average molecular weight is 305 g/mol. The van der Waals surface area contributed by atoms with Gasteiger partial charge in [-0.25, -0.2) is 0 Å². The Labute approximate surface area is 123 Å². The molecule has 0 bridgehead atoms. The predicted octanol–water partition coefficient (Wildman–Crippen LogP) is 4.43. The van der Waals surface area contributed by atoms with Crippen molar-refractivity contribution < 1.29 is 5.11 Å². The molecule has 0 saturated carbocycles. The Morgan fingerprint density at radius 1 is 1.33 bits per heavy atom. The molecule has 1 aromatic rings. The van der Waals surface area contributed by atoms with Gasteiger partial charge in [-0.05, 0) is 29.2 Å². The molecule has 4 heteroatoms. The number of halogens is 2. The van der Waals surface area contributed by atoms with Crippen molar-refractivity contribution in [1.29, 1.82) is 0 Å². The molecule has 0 aliphatic carbocycles. The van der Waals surface area contributed by atoms with Gasteiger partial charge in [0.1, 0.15) is 0 Å². The van der Waals surface area contributed by atoms with E-state index in [0.29, 0.717) is 16.5 Å². The van der Waals surface area contributed by atoms with Gasteiger partial charge in [0.05, 0.1) is 15.6 Å². The molecule has 1 heterocycles. The van der Waals surface area contributed by atoms with E-state index in [1.807, 2.05) is 23.9 Å². The molecule has 0 radical (unpaired) electrons. The Morgan fingerprint density at radius 3 is 2.72 bits per heavy atom. The fourth-order valence-corrected chi connectivity index (χ4v) is 4.30. The first-order valence-corrected chi connectivity index (χ1v) is 8.00. The van der Waals surface area contributed by atoms with Gasteiger partial charge in [0.25, 0.3) is 0 Å². The monoisotopic (exact) mass is 304 g/mol. The lowest BCUT2D eigenvalue weighted by Crippen LogP contribution is -2.51. The van der Waals surface area contributed by atoms with Crippen LogP contribution in [0.25, 0.3) is 0 Å². The first kappa shape index (κ1) is 14.5. The largest absolute Gasteiger partial charge is 0.388 e. The minimum absolute atomic E-state index is 0.0934. The van der Waals surface area contributed by atoms with E-state index in [0.717, 1.165) is 23.5 Å². The molecule has 1 nitrogen and oxygen atoms in total. The quantitative estimate of drug-likeness (QED) is 0.872. The number of rotatable bonds is 2. The van der Waals surface area contributed by atoms with Crippen LogP contribution in [0, 0.1) is 5.41 Å². The minimum atomic E-state index is -0.718. The number of hydrogen-bond acceptors (Lipinski definition) is 2. The highest BCUT2D eigenvalue weighted by atomic mass is 35.5. The summed E-state index contributed by atoms with van der Waals surface area (Å²) in [6.07, 6.45) is 1.58. The Balaban J connectivity index is 2.29. The molecule has 100 valence electrons. The lowest BCUT2D eigenvalue weighted by atomic mass is 9.70. The maximum Gasteiger partial charge on any atom is 0.0829 e. The van der Waals surface area contributed by atoms with Gasteiger partial charge in [-0.2, -0.15) is 11.8 Å². The molecule has 1 N–H and O–H groups in total. The summed E-state index contributed by atoms with van der Waals surface area (Å²) in [6.45, 7) is 4.26. The van der Waals surface area contributed by atoms with E-state index in [-0.39, 0.29) is 5.41 Å². The Hall–Kier alpha value is 0.110. The van der Waals surface area contributed by atoms with Crippen molar-refractivity contribution in [2.45, 2.75) is 32.3 Å². The van der Waals surface area contributed by atoms with Crippen LogP contribution in [0.3, 0.4) is 0 Å². The molecule has 0 spiro atoms. The highest BCUT2D eigenvalue weighted by Crippen LogP contribution is 2.45. The van der Waals surface area contributed by atoms with Crippen molar-refractivity contribution in [2.75, 3.05) is 11.5 Å². The van der Waals surface area contributed by atoms with Gasteiger partial charge in [-0.3, -0.25) is 0 Å². The molecular weight excluding hydrogens is 287 g/mol. The highest BCUT2D eigenvalue weighted by Gasteiger charge is 2.45. The number of hydrogen-bond donors (Lipinski definition) is 1. The first-order chi connectivity index (χ1) is 8.36. The maximum atomic E-state index is 10.9. The second kappa shape index (κ2) is 5.24. The zero-order valence-electron chi connectivity index (χ0n) is 10.7. The van der Waals surface area contributed by atoms with Crippen molar-refractivity contribution in [3.05, 3.63) is 33.8 Å². The van der Waals surface area contributed by atoms with Gasteiger partial charge < -0.3 is 5.11 Å². The molecule has 1 aromatic carbocycles. The Kier molecular flexibility index (Phi) is 4.23.